The topological polar surface area (TPSA) is 297 Å². The van der Waals surface area contributed by atoms with E-state index in [2.05, 4.69) is 27.8 Å². The van der Waals surface area contributed by atoms with Gasteiger partial charge in [0.25, 0.3) is 5.91 Å². The van der Waals surface area contributed by atoms with Crippen LogP contribution in [0.5, 0.6) is 0 Å². The Balaban J connectivity index is 4.46. The molecule has 0 aliphatic carbocycles. The highest BCUT2D eigenvalue weighted by atomic mass is 16.7. The van der Waals surface area contributed by atoms with Crippen LogP contribution in [-0.2, 0) is 62.2 Å². The Bertz CT molecular complexity index is 2520. The van der Waals surface area contributed by atoms with Crippen molar-refractivity contribution in [1.29, 1.82) is 0 Å². The molecule has 1 saturated heterocycles. The zero-order valence-corrected chi connectivity index (χ0v) is 59.0. The summed E-state index contributed by atoms with van der Waals surface area (Å²) < 4.78 is 11.1. The number of ether oxygens (including phenoxy) is 2. The van der Waals surface area contributed by atoms with Crippen molar-refractivity contribution in [2.45, 2.75) is 228 Å². The Morgan fingerprint density at radius 2 is 1.00 bits per heavy atom. The Hall–Kier alpha value is -6.47. The molecule has 0 aromatic rings. The van der Waals surface area contributed by atoms with E-state index in [1.165, 1.54) is 89.9 Å². The van der Waals surface area contributed by atoms with E-state index < -0.39 is 161 Å². The molecule has 0 spiro atoms. The first-order valence-corrected chi connectivity index (χ1v) is 31.7. The zero-order valence-electron chi connectivity index (χ0n) is 59.0. The highest BCUT2D eigenvalue weighted by Gasteiger charge is 2.46. The molecule has 1 heterocycles. The summed E-state index contributed by atoms with van der Waals surface area (Å²) in [7, 11) is 11.0. The van der Waals surface area contributed by atoms with Gasteiger partial charge in [0, 0.05) is 62.9 Å². The second-order valence-corrected chi connectivity index (χ2v) is 27.0. The standard InChI is InChI=1S/C65H115N11O14/c1-27-29-30-41(13)53(77)52-57(81)68-45(28-2)60(84)70(19)44(16)59(83)74(23)49(34-65(17,18)90-35-89-26)56(80)69-50(39(9)10)63(87)71(20)46(31-36(3)4)55(79)66-42(14)54(78)67-43(15)58(82)72(21)47(32-37(5)6)61(85)73(22)48(33-38(7)8)62(86)75(24)51(40(11)12)64(88)76(52)25/h27,29,36-43,45-53,77H,16,28,30-35H2,1-15,17-26H3,(H,66,79)(H,67,78)(H,68,81)(H,69,80)/t41-,42+,43-,45+,46+,47+,48+,49+,50+,51+,52+,53-/m1/s1. The molecule has 5 N–H and O–H groups in total. The van der Waals surface area contributed by atoms with Crippen molar-refractivity contribution in [2.75, 3.05) is 63.2 Å². The molecule has 0 bridgehead atoms. The molecule has 0 saturated carbocycles. The van der Waals surface area contributed by atoms with Crippen molar-refractivity contribution in [2.24, 2.45) is 35.5 Å². The normalized spacial score (nSPS) is 26.2. The van der Waals surface area contributed by atoms with E-state index in [0.717, 1.165) is 14.7 Å². The fraction of sp³-hybridized carbons (Fsp3) is 0.769. The number of methoxy groups -OCH3 is 1. The maximum atomic E-state index is 15.2. The lowest BCUT2D eigenvalue weighted by Gasteiger charge is -2.41. The molecule has 0 aromatic heterocycles. The SMILES string of the molecule is C=C1C(=O)N(C)[C@@H](CC(C)(C)OCOC)C(=O)N[C@@H](C(C)C)C(=O)N(C)[C@@H](CC(C)C)C(=O)N[C@@H](C)C(=O)N[C@H](C)C(=O)N(C)[C@@H](CC(C)C)C(=O)N(C)[C@@H](CC(C)C)C(=O)N(C)[C@@H](C(C)C)C(=O)N(C)[C@@H]([C@H](O)[C@H](C)CC=CC)C(=O)N[C@@H](CC)C(=O)N1C. The zero-order chi connectivity index (χ0) is 69.9. The van der Waals surface area contributed by atoms with Gasteiger partial charge >= 0.3 is 0 Å². The van der Waals surface area contributed by atoms with E-state index in [1.807, 2.05) is 41.5 Å². The van der Waals surface area contributed by atoms with Gasteiger partial charge in [0.1, 0.15) is 72.9 Å². The highest BCUT2D eigenvalue weighted by molar-refractivity contribution is 6.02. The molecule has 12 atom stereocenters. The monoisotopic (exact) mass is 1270 g/mol. The third-order valence-electron chi connectivity index (χ3n) is 16.8. The molecule has 1 aliphatic rings. The molecule has 514 valence electrons. The molecule has 0 aromatic carbocycles. The third kappa shape index (κ3) is 22.4. The van der Waals surface area contributed by atoms with Gasteiger partial charge < -0.3 is 70.1 Å². The first kappa shape index (κ1) is 81.5. The number of rotatable bonds is 18. The smallest absolute Gasteiger partial charge is 0.270 e. The predicted octanol–water partition coefficient (Wildman–Crippen LogP) is 3.53. The number of nitrogens with zero attached hydrogens (tertiary/aromatic N) is 7. The van der Waals surface area contributed by atoms with Gasteiger partial charge in [-0.05, 0) is 102 Å². The molecule has 0 unspecified atom stereocenters. The molecule has 1 aliphatic heterocycles. The average Bonchev–Trinajstić information content (AvgIpc) is 1.17. The van der Waals surface area contributed by atoms with Crippen LogP contribution in [0.15, 0.2) is 24.4 Å². The maximum Gasteiger partial charge on any atom is 0.270 e. The number of likely N-dealkylation sites (N-methyl/N-ethyl adjacent to an activating group) is 7. The van der Waals surface area contributed by atoms with E-state index >= 15 is 14.4 Å². The van der Waals surface area contributed by atoms with Crippen molar-refractivity contribution >= 4 is 65.0 Å². The van der Waals surface area contributed by atoms with Crippen molar-refractivity contribution in [3.63, 3.8) is 0 Å². The molecule has 1 rings (SSSR count). The van der Waals surface area contributed by atoms with Crippen molar-refractivity contribution in [3.8, 4) is 0 Å². The minimum absolute atomic E-state index is 0.0555. The van der Waals surface area contributed by atoms with Crippen LogP contribution in [0.1, 0.15) is 156 Å². The molecular formula is C65H115N11O14. The second-order valence-electron chi connectivity index (χ2n) is 27.0. The van der Waals surface area contributed by atoms with Crippen molar-refractivity contribution in [1.82, 2.24) is 55.6 Å². The van der Waals surface area contributed by atoms with Gasteiger partial charge in [-0.1, -0.05) is 102 Å². The van der Waals surface area contributed by atoms with Gasteiger partial charge in [0.15, 0.2) is 0 Å². The summed E-state index contributed by atoms with van der Waals surface area (Å²) in [5.74, 6) is -10.6. The Morgan fingerprint density at radius 3 is 1.47 bits per heavy atom. The average molecular weight is 1270 g/mol. The summed E-state index contributed by atoms with van der Waals surface area (Å²) in [6.07, 6.45) is 2.44. The first-order chi connectivity index (χ1) is 41.5. The fourth-order valence-electron chi connectivity index (χ4n) is 11.0. The Morgan fingerprint density at radius 1 is 0.544 bits per heavy atom. The summed E-state index contributed by atoms with van der Waals surface area (Å²) in [6.45, 7) is 33.0. The van der Waals surface area contributed by atoms with Gasteiger partial charge in [-0.25, -0.2) is 0 Å². The van der Waals surface area contributed by atoms with Gasteiger partial charge in [-0.15, -0.1) is 0 Å². The van der Waals surface area contributed by atoms with Crippen LogP contribution in [0, 0.1) is 35.5 Å². The number of aliphatic hydroxyl groups excluding tert-OH is 1. The van der Waals surface area contributed by atoms with Crippen molar-refractivity contribution in [3.05, 3.63) is 24.4 Å². The van der Waals surface area contributed by atoms with Gasteiger partial charge in [-0.2, -0.15) is 0 Å². The lowest BCUT2D eigenvalue weighted by molar-refractivity contribution is -0.157. The van der Waals surface area contributed by atoms with E-state index in [1.54, 1.807) is 74.5 Å². The number of nitrogens with one attached hydrogen (secondary N) is 4. The van der Waals surface area contributed by atoms with E-state index in [9.17, 15) is 43.5 Å². The van der Waals surface area contributed by atoms with Crippen LogP contribution >= 0.6 is 0 Å². The number of aliphatic hydroxyl groups is 1. The van der Waals surface area contributed by atoms with Crippen LogP contribution in [0.4, 0.5) is 0 Å². The molecule has 0 radical (unpaired) electrons. The second kappa shape index (κ2) is 36.5. The highest BCUT2D eigenvalue weighted by Crippen LogP contribution is 2.27. The summed E-state index contributed by atoms with van der Waals surface area (Å²) in [5, 5.41) is 23.1. The summed E-state index contributed by atoms with van der Waals surface area (Å²) in [6, 6.07) is -13.1. The largest absolute Gasteiger partial charge is 0.390 e. The van der Waals surface area contributed by atoms with Crippen LogP contribution < -0.4 is 21.3 Å². The van der Waals surface area contributed by atoms with E-state index in [-0.39, 0.29) is 63.1 Å². The molecule has 11 amide bonds. The van der Waals surface area contributed by atoms with E-state index in [0.29, 0.717) is 0 Å². The molecule has 25 nitrogen and oxygen atoms in total. The van der Waals surface area contributed by atoms with Crippen LogP contribution in [0.2, 0.25) is 0 Å². The minimum atomic E-state index is -1.66. The minimum Gasteiger partial charge on any atom is -0.390 e. The van der Waals surface area contributed by atoms with E-state index in [4.69, 9.17) is 9.47 Å². The number of hydrogen-bond donors (Lipinski definition) is 5. The maximum absolute atomic E-state index is 15.2. The first-order valence-electron chi connectivity index (χ1n) is 31.7. The lowest BCUT2D eigenvalue weighted by atomic mass is 9.91. The number of hydrogen-bond acceptors (Lipinski definition) is 14. The molecule has 25 heteroatoms. The lowest BCUT2D eigenvalue weighted by Crippen LogP contribution is -2.63. The quantitative estimate of drug-likeness (QED) is 0.0746. The van der Waals surface area contributed by atoms with Gasteiger partial charge in [-0.3, -0.25) is 52.7 Å². The predicted molar refractivity (Wildman–Crippen MR) is 345 cm³/mol. The van der Waals surface area contributed by atoms with Crippen LogP contribution in [0.3, 0.4) is 0 Å². The number of carbonyl (C=O) groups excluding carboxylic acids is 11. The fourth-order valence-corrected chi connectivity index (χ4v) is 11.0. The Labute approximate surface area is 537 Å². The van der Waals surface area contributed by atoms with Crippen molar-refractivity contribution < 1.29 is 67.3 Å². The summed E-state index contributed by atoms with van der Waals surface area (Å²) in [5.41, 5.74) is -1.59. The number of amides is 11. The molecule has 90 heavy (non-hydrogen) atoms. The van der Waals surface area contributed by atoms with Gasteiger partial charge in [0.05, 0.1) is 11.7 Å². The Kier molecular flexibility index (Phi) is 33.1. The number of carbonyl (C=O) groups is 11. The van der Waals surface area contributed by atoms with Gasteiger partial charge in [0.2, 0.25) is 59.1 Å². The molecular weight excluding hydrogens is 1160 g/mol. The summed E-state index contributed by atoms with van der Waals surface area (Å²) >= 11 is 0. The van der Waals surface area contributed by atoms with Crippen LogP contribution in [-0.4, -0.2) is 240 Å². The molecule has 1 fully saturated rings. The van der Waals surface area contributed by atoms with Crippen LogP contribution in [0.25, 0.3) is 0 Å². The summed E-state index contributed by atoms with van der Waals surface area (Å²) in [4.78, 5) is 170. The number of allylic oxidation sites excluding steroid dienone is 2. The third-order valence-corrected chi connectivity index (χ3v) is 16.8.